The van der Waals surface area contributed by atoms with Crippen molar-refractivity contribution in [3.05, 3.63) is 0 Å². The van der Waals surface area contributed by atoms with E-state index < -0.39 is 0 Å². The van der Waals surface area contributed by atoms with Crippen molar-refractivity contribution in [1.29, 1.82) is 0 Å². The quantitative estimate of drug-likeness (QED) is 0.702. The first kappa shape index (κ1) is 13.0. The van der Waals surface area contributed by atoms with E-state index in [9.17, 15) is 0 Å². The maximum atomic E-state index is 5.63. The lowest BCUT2D eigenvalue weighted by atomic mass is 9.94. The van der Waals surface area contributed by atoms with Gasteiger partial charge in [0, 0.05) is 12.6 Å². The highest BCUT2D eigenvalue weighted by Crippen LogP contribution is 2.20. The Bertz CT molecular complexity index is 155. The Labute approximate surface area is 94.8 Å². The molecule has 1 rings (SSSR count). The van der Waals surface area contributed by atoms with Crippen LogP contribution >= 0.6 is 0 Å². The molecule has 1 saturated heterocycles. The molecule has 1 fully saturated rings. The smallest absolute Gasteiger partial charge is 0.0576 e. The van der Waals surface area contributed by atoms with Gasteiger partial charge in [-0.3, -0.25) is 0 Å². The molecule has 0 saturated carbocycles. The lowest BCUT2D eigenvalue weighted by Crippen LogP contribution is -2.31. The molecule has 0 aromatic rings. The van der Waals surface area contributed by atoms with E-state index in [1.165, 1.54) is 38.5 Å². The molecule has 90 valence electrons. The van der Waals surface area contributed by atoms with E-state index >= 15 is 0 Å². The van der Waals surface area contributed by atoms with Gasteiger partial charge in [0.15, 0.2) is 0 Å². The zero-order valence-corrected chi connectivity index (χ0v) is 10.6. The second-order valence-corrected chi connectivity index (χ2v) is 4.85. The van der Waals surface area contributed by atoms with Crippen LogP contribution in [0, 0.1) is 5.92 Å². The number of hydrogen-bond acceptors (Lipinski definition) is 2. The van der Waals surface area contributed by atoms with Gasteiger partial charge in [0.2, 0.25) is 0 Å². The molecule has 0 aromatic carbocycles. The number of ether oxygens (including phenoxy) is 1. The Morgan fingerprint density at radius 1 is 1.47 bits per heavy atom. The van der Waals surface area contributed by atoms with Crippen LogP contribution in [0.2, 0.25) is 0 Å². The Morgan fingerprint density at radius 3 is 2.80 bits per heavy atom. The van der Waals surface area contributed by atoms with Crippen molar-refractivity contribution < 1.29 is 4.74 Å². The average Bonchev–Trinajstić information content (AvgIpc) is 2.76. The summed E-state index contributed by atoms with van der Waals surface area (Å²) >= 11 is 0. The number of nitrogens with one attached hydrogen (secondary N) is 1. The fraction of sp³-hybridized carbons (Fsp3) is 1.00. The van der Waals surface area contributed by atoms with Gasteiger partial charge < -0.3 is 10.1 Å². The summed E-state index contributed by atoms with van der Waals surface area (Å²) < 4.78 is 5.63. The fourth-order valence-corrected chi connectivity index (χ4v) is 2.44. The third kappa shape index (κ3) is 4.52. The van der Waals surface area contributed by atoms with E-state index in [2.05, 4.69) is 26.2 Å². The molecule has 0 aromatic heterocycles. The molecule has 0 spiro atoms. The average molecular weight is 213 g/mol. The van der Waals surface area contributed by atoms with E-state index in [-0.39, 0.29) is 0 Å². The summed E-state index contributed by atoms with van der Waals surface area (Å²) in [6.07, 6.45) is 8.25. The number of rotatable bonds is 7. The summed E-state index contributed by atoms with van der Waals surface area (Å²) in [4.78, 5) is 0. The van der Waals surface area contributed by atoms with Crippen molar-refractivity contribution in [2.75, 3.05) is 13.7 Å². The van der Waals surface area contributed by atoms with Crippen LogP contribution in [0.4, 0.5) is 0 Å². The molecule has 1 aliphatic heterocycles. The van der Waals surface area contributed by atoms with Crippen LogP contribution in [0.3, 0.4) is 0 Å². The van der Waals surface area contributed by atoms with Crippen molar-refractivity contribution in [3.63, 3.8) is 0 Å². The normalized spacial score (nSPS) is 25.4. The third-order valence-electron chi connectivity index (χ3n) is 3.77. The predicted octanol–water partition coefficient (Wildman–Crippen LogP) is 2.97. The second kappa shape index (κ2) is 7.24. The van der Waals surface area contributed by atoms with Crippen LogP contribution in [-0.2, 0) is 4.74 Å². The summed E-state index contributed by atoms with van der Waals surface area (Å²) in [5.74, 6) is 0.791. The molecule has 0 bridgehead atoms. The summed E-state index contributed by atoms with van der Waals surface area (Å²) in [6, 6.07) is 0.691. The van der Waals surface area contributed by atoms with Crippen LogP contribution in [0.5, 0.6) is 0 Å². The summed E-state index contributed by atoms with van der Waals surface area (Å²) in [5, 5.41) is 3.44. The minimum atomic E-state index is 0.569. The highest BCUT2D eigenvalue weighted by molar-refractivity contribution is 4.72. The monoisotopic (exact) mass is 213 g/mol. The van der Waals surface area contributed by atoms with Gasteiger partial charge in [-0.25, -0.2) is 0 Å². The molecule has 0 radical (unpaired) electrons. The Balaban J connectivity index is 2.10. The molecule has 0 aliphatic carbocycles. The maximum absolute atomic E-state index is 5.63. The zero-order valence-electron chi connectivity index (χ0n) is 10.6. The molecule has 1 heterocycles. The van der Waals surface area contributed by atoms with Crippen LogP contribution < -0.4 is 5.32 Å². The fourth-order valence-electron chi connectivity index (χ4n) is 2.44. The summed E-state index contributed by atoms with van der Waals surface area (Å²) in [6.45, 7) is 5.60. The first-order chi connectivity index (χ1) is 7.27. The van der Waals surface area contributed by atoms with Crippen molar-refractivity contribution in [2.45, 2.75) is 64.5 Å². The molecular weight excluding hydrogens is 186 g/mol. The molecule has 2 heteroatoms. The Hall–Kier alpha value is -0.0800. The molecule has 0 amide bonds. The number of hydrogen-bond donors (Lipinski definition) is 1. The van der Waals surface area contributed by atoms with E-state index in [0.717, 1.165) is 12.5 Å². The van der Waals surface area contributed by atoms with Gasteiger partial charge in [-0.1, -0.05) is 20.3 Å². The van der Waals surface area contributed by atoms with Gasteiger partial charge in [0.05, 0.1) is 6.10 Å². The van der Waals surface area contributed by atoms with Gasteiger partial charge in [0.1, 0.15) is 0 Å². The second-order valence-electron chi connectivity index (χ2n) is 4.85. The Kier molecular flexibility index (Phi) is 6.26. The van der Waals surface area contributed by atoms with Gasteiger partial charge in [-0.2, -0.15) is 0 Å². The van der Waals surface area contributed by atoms with Crippen molar-refractivity contribution in [1.82, 2.24) is 5.32 Å². The molecular formula is C13H27NO. The van der Waals surface area contributed by atoms with E-state index in [1.54, 1.807) is 0 Å². The zero-order chi connectivity index (χ0) is 11.1. The van der Waals surface area contributed by atoms with Crippen LogP contribution in [0.25, 0.3) is 0 Å². The van der Waals surface area contributed by atoms with Gasteiger partial charge in [-0.05, 0) is 45.1 Å². The lowest BCUT2D eigenvalue weighted by molar-refractivity contribution is 0.101. The van der Waals surface area contributed by atoms with Crippen LogP contribution in [0.15, 0.2) is 0 Å². The van der Waals surface area contributed by atoms with E-state index in [4.69, 9.17) is 4.74 Å². The van der Waals surface area contributed by atoms with E-state index in [1.807, 2.05) is 0 Å². The topological polar surface area (TPSA) is 21.3 Å². The first-order valence-electron chi connectivity index (χ1n) is 6.56. The minimum absolute atomic E-state index is 0.569. The van der Waals surface area contributed by atoms with Gasteiger partial charge in [-0.15, -0.1) is 0 Å². The van der Waals surface area contributed by atoms with Gasteiger partial charge in [0.25, 0.3) is 0 Å². The van der Waals surface area contributed by atoms with E-state index in [0.29, 0.717) is 12.1 Å². The highest BCUT2D eigenvalue weighted by Gasteiger charge is 2.17. The largest absolute Gasteiger partial charge is 0.378 e. The van der Waals surface area contributed by atoms with Crippen molar-refractivity contribution >= 4 is 0 Å². The third-order valence-corrected chi connectivity index (χ3v) is 3.77. The summed E-state index contributed by atoms with van der Waals surface area (Å²) in [5.41, 5.74) is 0. The first-order valence-corrected chi connectivity index (χ1v) is 6.56. The molecule has 3 atom stereocenters. The molecule has 1 N–H and O–H groups in total. The van der Waals surface area contributed by atoms with Crippen molar-refractivity contribution in [2.24, 2.45) is 5.92 Å². The van der Waals surface area contributed by atoms with Crippen LogP contribution in [-0.4, -0.2) is 25.8 Å². The minimum Gasteiger partial charge on any atom is -0.378 e. The lowest BCUT2D eigenvalue weighted by Gasteiger charge is -2.22. The standard InChI is InChI=1S/C13H27NO/c1-4-11(2)13(14-3)9-5-7-12-8-6-10-15-12/h11-14H,4-10H2,1-3H3. The predicted molar refractivity (Wildman–Crippen MR) is 65.1 cm³/mol. The highest BCUT2D eigenvalue weighted by atomic mass is 16.5. The van der Waals surface area contributed by atoms with Crippen LogP contribution in [0.1, 0.15) is 52.4 Å². The van der Waals surface area contributed by atoms with Gasteiger partial charge >= 0.3 is 0 Å². The molecule has 3 unspecified atom stereocenters. The summed E-state index contributed by atoms with van der Waals surface area (Å²) in [7, 11) is 2.09. The van der Waals surface area contributed by atoms with Crippen molar-refractivity contribution in [3.8, 4) is 0 Å². The molecule has 15 heavy (non-hydrogen) atoms. The SMILES string of the molecule is CCC(C)C(CCCC1CCCO1)NC. The molecule has 2 nitrogen and oxygen atoms in total. The maximum Gasteiger partial charge on any atom is 0.0576 e. The molecule has 1 aliphatic rings. The Morgan fingerprint density at radius 2 is 2.27 bits per heavy atom.